The highest BCUT2D eigenvalue weighted by Gasteiger charge is 2.34. The molecule has 90 valence electrons. The summed E-state index contributed by atoms with van der Waals surface area (Å²) in [6.07, 6.45) is -1.61. The minimum atomic E-state index is -4.41. The first-order chi connectivity index (χ1) is 7.88. The fourth-order valence-electron chi connectivity index (χ4n) is 1.39. The summed E-state index contributed by atoms with van der Waals surface area (Å²) in [5.74, 6) is 0. The number of alkyl halides is 3. The van der Waals surface area contributed by atoms with Crippen LogP contribution in [0.5, 0.6) is 0 Å². The third kappa shape index (κ3) is 2.71. The predicted molar refractivity (Wildman–Crippen MR) is 64.0 cm³/mol. The molecular weight excluding hydrogens is 365 g/mol. The predicted octanol–water partition coefficient (Wildman–Crippen LogP) is 4.42. The lowest BCUT2D eigenvalue weighted by molar-refractivity contribution is -0.137. The van der Waals surface area contributed by atoms with E-state index >= 15 is 0 Å². The van der Waals surface area contributed by atoms with E-state index in [1.165, 1.54) is 23.2 Å². The van der Waals surface area contributed by atoms with Crippen LogP contribution in [0.25, 0.3) is 5.69 Å². The smallest absolute Gasteiger partial charge is 0.304 e. The summed E-state index contributed by atoms with van der Waals surface area (Å²) in [5.41, 5.74) is -0.671. The third-order valence-corrected chi connectivity index (χ3v) is 3.00. The van der Waals surface area contributed by atoms with Crippen molar-refractivity contribution in [3.05, 3.63) is 45.4 Å². The van der Waals surface area contributed by atoms with E-state index in [2.05, 4.69) is 36.8 Å². The highest BCUT2D eigenvalue weighted by atomic mass is 79.9. The van der Waals surface area contributed by atoms with Gasteiger partial charge in [-0.15, -0.1) is 0 Å². The molecule has 0 saturated carbocycles. The summed E-state index contributed by atoms with van der Waals surface area (Å²) in [5, 5.41) is 0. The zero-order chi connectivity index (χ0) is 12.6. The van der Waals surface area contributed by atoms with E-state index in [-0.39, 0.29) is 5.69 Å². The van der Waals surface area contributed by atoms with Gasteiger partial charge in [-0.05, 0) is 34.1 Å². The van der Waals surface area contributed by atoms with Crippen LogP contribution in [0.1, 0.15) is 5.56 Å². The number of imidazole rings is 1. The topological polar surface area (TPSA) is 17.8 Å². The number of nitrogens with zero attached hydrogens (tertiary/aromatic N) is 2. The zero-order valence-corrected chi connectivity index (χ0v) is 11.3. The van der Waals surface area contributed by atoms with Crippen molar-refractivity contribution >= 4 is 31.9 Å². The van der Waals surface area contributed by atoms with E-state index < -0.39 is 11.7 Å². The standard InChI is InChI=1S/C10H5Br2F3N2/c11-6-1-2-8(7(3-6)10(13,14)15)17-4-9(12)16-5-17/h1-5H. The molecule has 1 aromatic heterocycles. The second-order valence-corrected chi connectivity index (χ2v) is 4.99. The van der Waals surface area contributed by atoms with Gasteiger partial charge in [0.1, 0.15) is 10.9 Å². The van der Waals surface area contributed by atoms with E-state index in [4.69, 9.17) is 0 Å². The van der Waals surface area contributed by atoms with Gasteiger partial charge in [0.25, 0.3) is 0 Å². The molecule has 0 spiro atoms. The van der Waals surface area contributed by atoms with Crippen molar-refractivity contribution in [2.75, 3.05) is 0 Å². The Balaban J connectivity index is 2.61. The van der Waals surface area contributed by atoms with Crippen molar-refractivity contribution < 1.29 is 13.2 Å². The van der Waals surface area contributed by atoms with Crippen molar-refractivity contribution in [1.82, 2.24) is 9.55 Å². The van der Waals surface area contributed by atoms with Crippen LogP contribution in [0, 0.1) is 0 Å². The summed E-state index contributed by atoms with van der Waals surface area (Å²) < 4.78 is 40.7. The average Bonchev–Trinajstić information content (AvgIpc) is 2.63. The van der Waals surface area contributed by atoms with Gasteiger partial charge in [0.05, 0.1) is 11.3 Å². The summed E-state index contributed by atoms with van der Waals surface area (Å²) >= 11 is 6.13. The van der Waals surface area contributed by atoms with Crippen molar-refractivity contribution in [3.8, 4) is 5.69 Å². The molecule has 0 fully saturated rings. The zero-order valence-electron chi connectivity index (χ0n) is 8.17. The molecule has 1 aromatic carbocycles. The maximum Gasteiger partial charge on any atom is 0.418 e. The van der Waals surface area contributed by atoms with Gasteiger partial charge in [-0.3, -0.25) is 0 Å². The number of hydrogen-bond acceptors (Lipinski definition) is 1. The van der Waals surface area contributed by atoms with E-state index in [0.717, 1.165) is 6.07 Å². The molecule has 0 atom stereocenters. The molecule has 1 heterocycles. The number of hydrogen-bond donors (Lipinski definition) is 0. The SMILES string of the molecule is FC(F)(F)c1cc(Br)ccc1-n1cnc(Br)c1. The minimum absolute atomic E-state index is 0.0406. The lowest BCUT2D eigenvalue weighted by Crippen LogP contribution is -2.10. The molecule has 17 heavy (non-hydrogen) atoms. The molecule has 0 radical (unpaired) electrons. The second kappa shape index (κ2) is 4.45. The number of benzene rings is 1. The molecule has 0 aliphatic rings. The Morgan fingerprint density at radius 1 is 1.18 bits per heavy atom. The first-order valence-electron chi connectivity index (χ1n) is 4.44. The lowest BCUT2D eigenvalue weighted by atomic mass is 10.1. The molecule has 0 bridgehead atoms. The van der Waals surface area contributed by atoms with E-state index in [1.807, 2.05) is 0 Å². The van der Waals surface area contributed by atoms with Crippen molar-refractivity contribution in [2.45, 2.75) is 6.18 Å². The van der Waals surface area contributed by atoms with E-state index in [1.54, 1.807) is 6.07 Å². The summed E-state index contributed by atoms with van der Waals surface area (Å²) in [6.45, 7) is 0. The second-order valence-electron chi connectivity index (χ2n) is 3.26. The van der Waals surface area contributed by atoms with Gasteiger partial charge in [0.15, 0.2) is 0 Å². The molecule has 0 N–H and O–H groups in total. The number of aromatic nitrogens is 2. The Morgan fingerprint density at radius 3 is 2.41 bits per heavy atom. The van der Waals surface area contributed by atoms with Crippen LogP contribution in [0.3, 0.4) is 0 Å². The van der Waals surface area contributed by atoms with Gasteiger partial charge < -0.3 is 4.57 Å². The Kier molecular flexibility index (Phi) is 3.31. The molecule has 0 unspecified atom stereocenters. The van der Waals surface area contributed by atoms with Gasteiger partial charge in [0, 0.05) is 10.7 Å². The van der Waals surface area contributed by atoms with Crippen molar-refractivity contribution in [3.63, 3.8) is 0 Å². The fourth-order valence-corrected chi connectivity index (χ4v) is 2.06. The largest absolute Gasteiger partial charge is 0.418 e. The average molecular weight is 370 g/mol. The highest BCUT2D eigenvalue weighted by Crippen LogP contribution is 2.35. The molecule has 2 nitrogen and oxygen atoms in total. The van der Waals surface area contributed by atoms with Crippen LogP contribution in [0.2, 0.25) is 0 Å². The van der Waals surface area contributed by atoms with Crippen LogP contribution in [0.4, 0.5) is 13.2 Å². The Hall–Kier alpha value is -0.820. The van der Waals surface area contributed by atoms with E-state index in [9.17, 15) is 13.2 Å². The van der Waals surface area contributed by atoms with Crippen LogP contribution < -0.4 is 0 Å². The number of rotatable bonds is 1. The quantitative estimate of drug-likeness (QED) is 0.727. The maximum atomic E-state index is 12.9. The van der Waals surface area contributed by atoms with Gasteiger partial charge in [-0.25, -0.2) is 4.98 Å². The van der Waals surface area contributed by atoms with Crippen LogP contribution in [-0.2, 0) is 6.18 Å². The van der Waals surface area contributed by atoms with Crippen LogP contribution >= 0.6 is 31.9 Å². The first-order valence-corrected chi connectivity index (χ1v) is 6.03. The normalized spacial score (nSPS) is 11.8. The van der Waals surface area contributed by atoms with Gasteiger partial charge in [-0.2, -0.15) is 13.2 Å². The Labute approximate surface area is 112 Å². The van der Waals surface area contributed by atoms with Gasteiger partial charge >= 0.3 is 6.18 Å². The molecule has 2 rings (SSSR count). The Morgan fingerprint density at radius 2 is 1.88 bits per heavy atom. The molecular formula is C10H5Br2F3N2. The molecule has 0 amide bonds. The lowest BCUT2D eigenvalue weighted by Gasteiger charge is -2.13. The molecule has 0 saturated heterocycles. The highest BCUT2D eigenvalue weighted by molar-refractivity contribution is 9.10. The van der Waals surface area contributed by atoms with Crippen LogP contribution in [0.15, 0.2) is 39.8 Å². The number of halogens is 5. The van der Waals surface area contributed by atoms with Crippen LogP contribution in [-0.4, -0.2) is 9.55 Å². The fraction of sp³-hybridized carbons (Fsp3) is 0.100. The van der Waals surface area contributed by atoms with Gasteiger partial charge in [0.2, 0.25) is 0 Å². The molecule has 0 aliphatic carbocycles. The Bertz CT molecular complexity index is 549. The maximum absolute atomic E-state index is 12.9. The van der Waals surface area contributed by atoms with Gasteiger partial charge in [-0.1, -0.05) is 15.9 Å². The monoisotopic (exact) mass is 368 g/mol. The molecule has 2 aromatic rings. The molecule has 0 aliphatic heterocycles. The van der Waals surface area contributed by atoms with Crippen molar-refractivity contribution in [2.24, 2.45) is 0 Å². The summed E-state index contributed by atoms with van der Waals surface area (Å²) in [4.78, 5) is 3.84. The first kappa shape index (κ1) is 12.6. The minimum Gasteiger partial charge on any atom is -0.304 e. The summed E-state index contributed by atoms with van der Waals surface area (Å²) in [6, 6.07) is 3.99. The summed E-state index contributed by atoms with van der Waals surface area (Å²) in [7, 11) is 0. The third-order valence-electron chi connectivity index (χ3n) is 2.09. The van der Waals surface area contributed by atoms with Crippen molar-refractivity contribution in [1.29, 1.82) is 0 Å². The molecule has 7 heteroatoms. The van der Waals surface area contributed by atoms with E-state index in [0.29, 0.717) is 9.08 Å².